The van der Waals surface area contributed by atoms with Gasteiger partial charge in [-0.05, 0) is 76.4 Å². The van der Waals surface area contributed by atoms with Crippen LogP contribution in [0.3, 0.4) is 0 Å². The van der Waals surface area contributed by atoms with E-state index in [1.165, 1.54) is 16.7 Å². The van der Waals surface area contributed by atoms with Crippen LogP contribution in [-0.4, -0.2) is 46.0 Å². The molecule has 10 nitrogen and oxygen atoms in total. The van der Waals surface area contributed by atoms with Crippen LogP contribution in [0.5, 0.6) is 11.5 Å². The normalized spacial score (nSPS) is 15.9. The summed E-state index contributed by atoms with van der Waals surface area (Å²) in [6, 6.07) is 37.5. The molecule has 1 atom stereocenters. The van der Waals surface area contributed by atoms with Crippen molar-refractivity contribution in [1.29, 1.82) is 0 Å². The highest BCUT2D eigenvalue weighted by molar-refractivity contribution is 6.99. The standard InChI is InChI=1S/C43H44N8O2Si/c1-30-22-31(17-19-38(30)53-33-20-21-51-40(24-33)46-29-48-51)50-41-36-23-32(16-18-37(36)45-28-47-41)49-39-25-43(5,26-44-39)27-52-54(42(2,3)4,34-12-8-6-9-13-34)35-14-10-7-11-15-35/h6-25,28-29,44,49H,26-27H2,1-5H3,(H,45,47,50). The average Bonchev–Trinajstić information content (AvgIpc) is 3.79. The van der Waals surface area contributed by atoms with Gasteiger partial charge in [-0.15, -0.1) is 0 Å². The van der Waals surface area contributed by atoms with Crippen LogP contribution >= 0.6 is 0 Å². The van der Waals surface area contributed by atoms with Crippen LogP contribution < -0.4 is 31.1 Å². The number of aromatic nitrogens is 5. The van der Waals surface area contributed by atoms with Crippen molar-refractivity contribution in [3.8, 4) is 11.5 Å². The van der Waals surface area contributed by atoms with Crippen molar-refractivity contribution in [1.82, 2.24) is 29.9 Å². The highest BCUT2D eigenvalue weighted by Gasteiger charge is 2.51. The lowest BCUT2D eigenvalue weighted by Gasteiger charge is -2.44. The van der Waals surface area contributed by atoms with Crippen molar-refractivity contribution in [2.24, 2.45) is 5.41 Å². The number of benzene rings is 4. The number of hydrogen-bond donors (Lipinski definition) is 3. The molecule has 0 saturated carbocycles. The Hall–Kier alpha value is -6.04. The van der Waals surface area contributed by atoms with Crippen molar-refractivity contribution >= 4 is 52.4 Å². The van der Waals surface area contributed by atoms with Gasteiger partial charge in [0, 0.05) is 47.6 Å². The maximum Gasteiger partial charge on any atom is 0.261 e. The Labute approximate surface area is 316 Å². The van der Waals surface area contributed by atoms with Crippen LogP contribution in [0.2, 0.25) is 5.04 Å². The Morgan fingerprint density at radius 2 is 1.54 bits per heavy atom. The molecule has 7 aromatic rings. The molecule has 4 heterocycles. The number of ether oxygens (including phenoxy) is 1. The molecular formula is C43H44N8O2Si. The zero-order valence-electron chi connectivity index (χ0n) is 31.2. The van der Waals surface area contributed by atoms with E-state index in [0.717, 1.165) is 51.6 Å². The largest absolute Gasteiger partial charge is 0.457 e. The van der Waals surface area contributed by atoms with Gasteiger partial charge >= 0.3 is 0 Å². The van der Waals surface area contributed by atoms with E-state index in [0.29, 0.717) is 18.2 Å². The molecule has 0 bridgehead atoms. The van der Waals surface area contributed by atoms with Gasteiger partial charge in [0.2, 0.25) is 0 Å². The fourth-order valence-electron chi connectivity index (χ4n) is 7.31. The fourth-order valence-corrected chi connectivity index (χ4v) is 12.0. The van der Waals surface area contributed by atoms with Crippen molar-refractivity contribution in [2.45, 2.75) is 39.7 Å². The Bertz CT molecular complexity index is 2420. The number of fused-ring (bicyclic) bond motifs is 2. The fraction of sp³-hybridized carbons (Fsp3) is 0.209. The van der Waals surface area contributed by atoms with Crippen LogP contribution in [0.1, 0.15) is 33.3 Å². The number of pyridine rings is 1. The summed E-state index contributed by atoms with van der Waals surface area (Å²) in [7, 11) is -2.67. The monoisotopic (exact) mass is 732 g/mol. The Kier molecular flexibility index (Phi) is 9.12. The molecule has 0 aliphatic carbocycles. The minimum Gasteiger partial charge on any atom is -0.457 e. The molecule has 11 heteroatoms. The first-order valence-electron chi connectivity index (χ1n) is 18.2. The zero-order chi connectivity index (χ0) is 37.3. The minimum absolute atomic E-state index is 0.0924. The first-order chi connectivity index (χ1) is 26.1. The van der Waals surface area contributed by atoms with E-state index < -0.39 is 8.32 Å². The predicted molar refractivity (Wildman–Crippen MR) is 218 cm³/mol. The number of aryl methyl sites for hydroxylation is 1. The number of hydrogen-bond acceptors (Lipinski definition) is 9. The van der Waals surface area contributed by atoms with Crippen LogP contribution in [0.25, 0.3) is 16.6 Å². The van der Waals surface area contributed by atoms with Crippen LogP contribution in [-0.2, 0) is 4.43 Å². The quantitative estimate of drug-likeness (QED) is 0.114. The van der Waals surface area contributed by atoms with Crippen molar-refractivity contribution in [3.05, 3.63) is 146 Å². The van der Waals surface area contributed by atoms with Gasteiger partial charge in [-0.2, -0.15) is 5.10 Å². The molecule has 0 fully saturated rings. The van der Waals surface area contributed by atoms with Gasteiger partial charge in [-0.3, -0.25) is 0 Å². The molecule has 4 aromatic carbocycles. The maximum absolute atomic E-state index is 7.33. The maximum atomic E-state index is 7.33. The average molecular weight is 733 g/mol. The van der Waals surface area contributed by atoms with Gasteiger partial charge in [0.05, 0.1) is 11.3 Å². The highest BCUT2D eigenvalue weighted by atomic mass is 28.4. The van der Waals surface area contributed by atoms with Gasteiger partial charge in [0.1, 0.15) is 30.0 Å². The third-order valence-electron chi connectivity index (χ3n) is 10.0. The Morgan fingerprint density at radius 1 is 0.815 bits per heavy atom. The molecule has 3 N–H and O–H groups in total. The molecule has 0 radical (unpaired) electrons. The first kappa shape index (κ1) is 35.0. The van der Waals surface area contributed by atoms with E-state index in [1.807, 2.05) is 55.6 Å². The van der Waals surface area contributed by atoms with Gasteiger partial charge in [-0.1, -0.05) is 88.4 Å². The molecule has 1 aliphatic rings. The molecule has 1 aliphatic heterocycles. The predicted octanol–water partition coefficient (Wildman–Crippen LogP) is 7.96. The molecule has 0 spiro atoms. The molecule has 1 unspecified atom stereocenters. The molecule has 3 aromatic heterocycles. The third kappa shape index (κ3) is 6.91. The summed E-state index contributed by atoms with van der Waals surface area (Å²) in [5.74, 6) is 3.11. The van der Waals surface area contributed by atoms with Crippen LogP contribution in [0.4, 0.5) is 17.2 Å². The molecule has 0 saturated heterocycles. The molecule has 0 amide bonds. The summed E-state index contributed by atoms with van der Waals surface area (Å²) in [6.07, 6.45) is 7.21. The van der Waals surface area contributed by atoms with Crippen molar-refractivity contribution in [3.63, 3.8) is 0 Å². The van der Waals surface area contributed by atoms with E-state index in [-0.39, 0.29) is 10.5 Å². The van der Waals surface area contributed by atoms with Gasteiger partial charge < -0.3 is 25.1 Å². The van der Waals surface area contributed by atoms with E-state index in [9.17, 15) is 0 Å². The topological polar surface area (TPSA) is 111 Å². The SMILES string of the molecule is Cc1cc(Nc2ncnc3ccc(NC4=CC(C)(CO[Si](c5ccccc5)(c5ccccc5)C(C)(C)C)CN4)cc23)ccc1Oc1ccn2ncnc2c1. The summed E-state index contributed by atoms with van der Waals surface area (Å²) in [6.45, 7) is 12.6. The highest BCUT2D eigenvalue weighted by Crippen LogP contribution is 2.39. The number of nitrogens with zero attached hydrogens (tertiary/aromatic N) is 5. The van der Waals surface area contributed by atoms with E-state index in [4.69, 9.17) is 9.16 Å². The molecule has 54 heavy (non-hydrogen) atoms. The number of rotatable bonds is 11. The number of nitrogens with one attached hydrogen (secondary N) is 3. The second-order valence-electron chi connectivity index (χ2n) is 15.2. The summed E-state index contributed by atoms with van der Waals surface area (Å²) >= 11 is 0. The lowest BCUT2D eigenvalue weighted by molar-refractivity contribution is 0.202. The van der Waals surface area contributed by atoms with E-state index in [1.54, 1.807) is 10.8 Å². The summed E-state index contributed by atoms with van der Waals surface area (Å²) in [5.41, 5.74) is 4.14. The molecular weight excluding hydrogens is 689 g/mol. The zero-order valence-corrected chi connectivity index (χ0v) is 32.2. The lowest BCUT2D eigenvalue weighted by Crippen LogP contribution is -2.67. The lowest BCUT2D eigenvalue weighted by atomic mass is 9.94. The summed E-state index contributed by atoms with van der Waals surface area (Å²) < 4.78 is 15.2. The van der Waals surface area contributed by atoms with E-state index in [2.05, 4.69) is 137 Å². The van der Waals surface area contributed by atoms with Gasteiger partial charge in [0.15, 0.2) is 5.65 Å². The smallest absolute Gasteiger partial charge is 0.261 e. The van der Waals surface area contributed by atoms with Gasteiger partial charge in [0.25, 0.3) is 8.32 Å². The second kappa shape index (κ2) is 14.1. The molecule has 8 rings (SSSR count). The van der Waals surface area contributed by atoms with Crippen LogP contribution in [0, 0.1) is 12.3 Å². The third-order valence-corrected chi connectivity index (χ3v) is 15.0. The minimum atomic E-state index is -2.67. The van der Waals surface area contributed by atoms with Crippen LogP contribution in [0.15, 0.2) is 140 Å². The van der Waals surface area contributed by atoms with Gasteiger partial charge in [-0.25, -0.2) is 19.5 Å². The van der Waals surface area contributed by atoms with Crippen molar-refractivity contribution < 1.29 is 9.16 Å². The first-order valence-corrected chi connectivity index (χ1v) is 20.1. The summed E-state index contributed by atoms with van der Waals surface area (Å²) in [5, 5.41) is 18.3. The van der Waals surface area contributed by atoms with E-state index >= 15 is 0 Å². The van der Waals surface area contributed by atoms with Crippen molar-refractivity contribution in [2.75, 3.05) is 23.8 Å². The Balaban J connectivity index is 0.997. The summed E-state index contributed by atoms with van der Waals surface area (Å²) in [4.78, 5) is 13.4. The second-order valence-corrected chi connectivity index (χ2v) is 19.5. The molecule has 272 valence electrons. The number of anilines is 3. The Morgan fingerprint density at radius 3 is 2.26 bits per heavy atom.